The molecule has 3 aromatic carbocycles. The Labute approximate surface area is 233 Å². The van der Waals surface area contributed by atoms with Crippen molar-refractivity contribution in [3.63, 3.8) is 0 Å². The Morgan fingerprint density at radius 1 is 0.972 bits per heavy atom. The number of fused-ring (bicyclic) bond motifs is 1. The zero-order valence-corrected chi connectivity index (χ0v) is 23.2. The summed E-state index contributed by atoms with van der Waals surface area (Å²) in [6, 6.07) is 15.6. The Morgan fingerprint density at radius 3 is 2.39 bits per heavy atom. The number of rotatable bonds is 5. The van der Waals surface area contributed by atoms with Crippen molar-refractivity contribution in [1.82, 2.24) is 5.32 Å². The van der Waals surface area contributed by atoms with E-state index in [1.54, 1.807) is 12.1 Å². The summed E-state index contributed by atoms with van der Waals surface area (Å²) in [5, 5.41) is 2.24. The molecule has 0 aliphatic carbocycles. The van der Waals surface area contributed by atoms with Crippen LogP contribution in [-0.2, 0) is 16.2 Å². The largest absolute Gasteiger partial charge is 0.487 e. The average Bonchev–Trinajstić information content (AvgIpc) is 3.30. The van der Waals surface area contributed by atoms with Crippen LogP contribution in [0.1, 0.15) is 16.7 Å². The van der Waals surface area contributed by atoms with Crippen LogP contribution in [0.3, 0.4) is 0 Å². The molecule has 10 heteroatoms. The number of benzene rings is 3. The van der Waals surface area contributed by atoms with Crippen molar-refractivity contribution in [1.29, 1.82) is 0 Å². The van der Waals surface area contributed by atoms with E-state index in [1.165, 1.54) is 17.7 Å². The summed E-state index contributed by atoms with van der Waals surface area (Å²) < 4.78 is 18.3. The third-order valence-electron chi connectivity index (χ3n) is 5.55. The highest BCUT2D eigenvalue weighted by atomic mass is 127. The minimum absolute atomic E-state index is 0.0601. The molecule has 0 atom stereocenters. The molecule has 2 aliphatic rings. The van der Waals surface area contributed by atoms with Gasteiger partial charge in [0.05, 0.1) is 12.8 Å². The van der Waals surface area contributed by atoms with Gasteiger partial charge in [-0.15, -0.1) is 0 Å². The Hall–Kier alpha value is -3.13. The van der Waals surface area contributed by atoms with Crippen LogP contribution in [0.5, 0.6) is 17.2 Å². The standard InChI is InChI=1S/C26H18I2N2O6/c1-14-2-4-15(5-3-14)12-34-23-19(27)9-16(10-20(23)28)8-18-24(31)29-26(33)30(25(18)32)17-6-7-21-22(11-17)36-13-35-21/h2-11H,12-13H2,1H3,(H,29,31,33)/b18-8+. The first kappa shape index (κ1) is 24.6. The van der Waals surface area contributed by atoms with E-state index in [4.69, 9.17) is 14.2 Å². The molecule has 1 N–H and O–H groups in total. The molecular weight excluding hydrogens is 690 g/mol. The monoisotopic (exact) mass is 708 g/mol. The number of carbonyl (C=O) groups excluding carboxylic acids is 3. The van der Waals surface area contributed by atoms with Gasteiger partial charge < -0.3 is 14.2 Å². The van der Waals surface area contributed by atoms with Gasteiger partial charge in [-0.2, -0.15) is 0 Å². The Balaban J connectivity index is 1.40. The lowest BCUT2D eigenvalue weighted by atomic mass is 10.1. The second-order valence-electron chi connectivity index (χ2n) is 8.08. The molecule has 36 heavy (non-hydrogen) atoms. The third kappa shape index (κ3) is 4.91. The summed E-state index contributed by atoms with van der Waals surface area (Å²) in [6.07, 6.45) is 1.47. The van der Waals surface area contributed by atoms with Gasteiger partial charge in [-0.05, 0) is 93.6 Å². The number of ether oxygens (including phenoxy) is 3. The number of hydrogen-bond donors (Lipinski definition) is 1. The number of urea groups is 1. The van der Waals surface area contributed by atoms with E-state index in [-0.39, 0.29) is 18.1 Å². The second kappa shape index (κ2) is 10.1. The van der Waals surface area contributed by atoms with Crippen molar-refractivity contribution < 1.29 is 28.6 Å². The predicted octanol–water partition coefficient (Wildman–Crippen LogP) is 5.18. The quantitative estimate of drug-likeness (QED) is 0.223. The smallest absolute Gasteiger partial charge is 0.335 e. The fraction of sp³-hybridized carbons (Fsp3) is 0.115. The molecule has 8 nitrogen and oxygen atoms in total. The van der Waals surface area contributed by atoms with Crippen LogP contribution in [0.15, 0.2) is 60.2 Å². The SMILES string of the molecule is Cc1ccc(COc2c(I)cc(/C=C3\C(=O)NC(=O)N(c4ccc5c(c4)OCO5)C3=O)cc2I)cc1. The first-order valence-corrected chi connectivity index (χ1v) is 12.9. The number of nitrogens with one attached hydrogen (secondary N) is 1. The Kier molecular flexibility index (Phi) is 6.88. The van der Waals surface area contributed by atoms with Crippen LogP contribution < -0.4 is 24.4 Å². The van der Waals surface area contributed by atoms with Crippen molar-refractivity contribution in [2.75, 3.05) is 11.7 Å². The van der Waals surface area contributed by atoms with Gasteiger partial charge in [0.15, 0.2) is 11.5 Å². The lowest BCUT2D eigenvalue weighted by molar-refractivity contribution is -0.122. The van der Waals surface area contributed by atoms with Gasteiger partial charge in [-0.3, -0.25) is 14.9 Å². The van der Waals surface area contributed by atoms with E-state index < -0.39 is 17.8 Å². The van der Waals surface area contributed by atoms with E-state index in [0.29, 0.717) is 23.7 Å². The fourth-order valence-corrected chi connectivity index (χ4v) is 5.85. The maximum absolute atomic E-state index is 13.2. The molecule has 0 saturated carbocycles. The maximum atomic E-state index is 13.2. The number of carbonyl (C=O) groups is 3. The van der Waals surface area contributed by atoms with E-state index >= 15 is 0 Å². The van der Waals surface area contributed by atoms with E-state index in [9.17, 15) is 14.4 Å². The number of imide groups is 2. The minimum atomic E-state index is -0.829. The minimum Gasteiger partial charge on any atom is -0.487 e. The number of amides is 4. The second-order valence-corrected chi connectivity index (χ2v) is 10.4. The van der Waals surface area contributed by atoms with Crippen molar-refractivity contribution in [2.45, 2.75) is 13.5 Å². The molecule has 0 spiro atoms. The van der Waals surface area contributed by atoms with Crippen LogP contribution >= 0.6 is 45.2 Å². The predicted molar refractivity (Wildman–Crippen MR) is 149 cm³/mol. The van der Waals surface area contributed by atoms with Crippen LogP contribution in [0.25, 0.3) is 6.08 Å². The van der Waals surface area contributed by atoms with Crippen LogP contribution in [0, 0.1) is 14.1 Å². The molecule has 0 bridgehead atoms. The van der Waals surface area contributed by atoms with Gasteiger partial charge in [0.25, 0.3) is 11.8 Å². The first-order valence-electron chi connectivity index (χ1n) is 10.8. The van der Waals surface area contributed by atoms with Crippen molar-refractivity contribution in [3.8, 4) is 17.2 Å². The number of halogens is 2. The highest BCUT2D eigenvalue weighted by Gasteiger charge is 2.37. The van der Waals surface area contributed by atoms with Gasteiger partial charge in [-0.25, -0.2) is 9.69 Å². The van der Waals surface area contributed by atoms with E-state index in [1.807, 2.05) is 43.3 Å². The topological polar surface area (TPSA) is 94.2 Å². The molecule has 0 aromatic heterocycles. The van der Waals surface area contributed by atoms with Gasteiger partial charge >= 0.3 is 6.03 Å². The van der Waals surface area contributed by atoms with Crippen molar-refractivity contribution >= 4 is 74.8 Å². The van der Waals surface area contributed by atoms with Crippen molar-refractivity contribution in [2.24, 2.45) is 0 Å². The van der Waals surface area contributed by atoms with E-state index in [0.717, 1.165) is 23.4 Å². The summed E-state index contributed by atoms with van der Waals surface area (Å²) in [7, 11) is 0. The van der Waals surface area contributed by atoms with Crippen LogP contribution in [-0.4, -0.2) is 24.6 Å². The normalized spacial score (nSPS) is 15.9. The zero-order chi connectivity index (χ0) is 25.4. The third-order valence-corrected chi connectivity index (χ3v) is 7.15. The molecule has 4 amide bonds. The lowest BCUT2D eigenvalue weighted by Gasteiger charge is -2.26. The highest BCUT2D eigenvalue weighted by Crippen LogP contribution is 2.37. The Morgan fingerprint density at radius 2 is 1.67 bits per heavy atom. The molecule has 3 aromatic rings. The maximum Gasteiger partial charge on any atom is 0.335 e. The molecule has 0 radical (unpaired) electrons. The molecule has 2 heterocycles. The van der Waals surface area contributed by atoms with Gasteiger partial charge in [0.1, 0.15) is 17.9 Å². The van der Waals surface area contributed by atoms with E-state index in [2.05, 4.69) is 50.5 Å². The van der Waals surface area contributed by atoms with Gasteiger partial charge in [0, 0.05) is 6.07 Å². The zero-order valence-electron chi connectivity index (χ0n) is 18.8. The Bertz CT molecular complexity index is 1410. The lowest BCUT2D eigenvalue weighted by Crippen LogP contribution is -2.54. The number of hydrogen-bond acceptors (Lipinski definition) is 6. The summed E-state index contributed by atoms with van der Waals surface area (Å²) in [5.41, 5.74) is 2.97. The molecular formula is C26H18I2N2O6. The summed E-state index contributed by atoms with van der Waals surface area (Å²) in [4.78, 5) is 39.3. The molecule has 5 rings (SSSR count). The summed E-state index contributed by atoms with van der Waals surface area (Å²) in [6.45, 7) is 2.51. The van der Waals surface area contributed by atoms with Crippen molar-refractivity contribution in [3.05, 3.63) is 84.0 Å². The molecule has 182 valence electrons. The number of anilines is 1. The average molecular weight is 708 g/mol. The number of nitrogens with zero attached hydrogens (tertiary/aromatic N) is 1. The molecule has 1 saturated heterocycles. The first-order chi connectivity index (χ1) is 17.3. The molecule has 0 unspecified atom stereocenters. The molecule has 1 fully saturated rings. The van der Waals surface area contributed by atoms with Crippen LogP contribution in [0.2, 0.25) is 0 Å². The fourth-order valence-electron chi connectivity index (χ4n) is 3.72. The summed E-state index contributed by atoms with van der Waals surface area (Å²) >= 11 is 4.33. The highest BCUT2D eigenvalue weighted by molar-refractivity contribution is 14.1. The summed E-state index contributed by atoms with van der Waals surface area (Å²) in [5.74, 6) is 0.166. The number of aryl methyl sites for hydroxylation is 1. The number of barbiturate groups is 1. The van der Waals surface area contributed by atoms with Gasteiger partial charge in [0.2, 0.25) is 6.79 Å². The van der Waals surface area contributed by atoms with Gasteiger partial charge in [-0.1, -0.05) is 29.8 Å². The van der Waals surface area contributed by atoms with Crippen LogP contribution in [0.4, 0.5) is 10.5 Å². The molecule has 2 aliphatic heterocycles.